The number of carbonyl (C=O) groups is 1. The number of allylic oxidation sites excluding steroid dienone is 5. The molecule has 3 N–H and O–H groups in total. The van der Waals surface area contributed by atoms with Crippen molar-refractivity contribution in [2.24, 2.45) is 10.7 Å². The van der Waals surface area contributed by atoms with E-state index >= 15 is 4.39 Å². The number of aromatic nitrogens is 4. The van der Waals surface area contributed by atoms with Crippen LogP contribution in [0.4, 0.5) is 10.2 Å². The second-order valence-corrected chi connectivity index (χ2v) is 10.5. The molecule has 6 rings (SSSR count). The fraction of sp³-hybridized carbons (Fsp3) is 0.500. The maximum Gasteiger partial charge on any atom is 0.237 e. The summed E-state index contributed by atoms with van der Waals surface area (Å²) in [5.41, 5.74) is 7.68. The molecule has 38 heavy (non-hydrogen) atoms. The summed E-state index contributed by atoms with van der Waals surface area (Å²) in [6.45, 7) is 9.89. The van der Waals surface area contributed by atoms with E-state index in [2.05, 4.69) is 24.7 Å². The second-order valence-electron chi connectivity index (χ2n) is 10.5. The number of imidazole rings is 1. The molecule has 2 aromatic rings. The van der Waals surface area contributed by atoms with E-state index in [-0.39, 0.29) is 11.7 Å². The molecule has 0 saturated carbocycles. The number of nitrogens with one attached hydrogen (secondary N) is 1. The lowest BCUT2D eigenvalue weighted by atomic mass is 9.90. The standard InChI is InChI=1S/C26H32FN9O2/c1-26(2,25(28)37)36-9-7-34(8-10-36)15-19-30-21-23(31-19)32-22(33-24(21)35-11-13-38-14-12-35)20-16-5-6-29-18(16)4-3-17(20)27/h3-6,20H,7-15H2,1-2H3,(H2,28,37)(H,30,31,32,33). The van der Waals surface area contributed by atoms with E-state index in [9.17, 15) is 4.79 Å². The van der Waals surface area contributed by atoms with Gasteiger partial charge in [-0.1, -0.05) is 0 Å². The van der Waals surface area contributed by atoms with Gasteiger partial charge in [0.25, 0.3) is 0 Å². The molecule has 0 radical (unpaired) electrons. The van der Waals surface area contributed by atoms with E-state index in [4.69, 9.17) is 25.4 Å². The number of hydrogen-bond acceptors (Lipinski definition) is 9. The zero-order chi connectivity index (χ0) is 26.4. The molecule has 0 aromatic carbocycles. The van der Waals surface area contributed by atoms with Crippen LogP contribution in [0.5, 0.6) is 0 Å². The largest absolute Gasteiger partial charge is 0.378 e. The predicted molar refractivity (Wildman–Crippen MR) is 141 cm³/mol. The topological polar surface area (TPSA) is 129 Å². The molecule has 1 unspecified atom stereocenters. The molecule has 200 valence electrons. The van der Waals surface area contributed by atoms with Crippen LogP contribution < -0.4 is 10.6 Å². The lowest BCUT2D eigenvalue weighted by molar-refractivity contribution is -0.129. The van der Waals surface area contributed by atoms with Gasteiger partial charge in [0.1, 0.15) is 17.5 Å². The van der Waals surface area contributed by atoms with Crippen molar-refractivity contribution in [1.82, 2.24) is 29.7 Å². The van der Waals surface area contributed by atoms with Crippen LogP contribution in [0, 0.1) is 0 Å². The molecule has 2 fully saturated rings. The lowest BCUT2D eigenvalue weighted by Crippen LogP contribution is -2.59. The van der Waals surface area contributed by atoms with Gasteiger partial charge in [-0.3, -0.25) is 19.6 Å². The number of amides is 1. The average molecular weight is 522 g/mol. The molecular formula is C26H32FN9O2. The van der Waals surface area contributed by atoms with Crippen LogP contribution in [0.2, 0.25) is 0 Å². The first kappa shape index (κ1) is 24.8. The van der Waals surface area contributed by atoms with Gasteiger partial charge in [0.2, 0.25) is 5.91 Å². The van der Waals surface area contributed by atoms with E-state index in [1.165, 1.54) is 6.08 Å². The minimum absolute atomic E-state index is 0.311. The molecule has 5 heterocycles. The number of halogens is 1. The Bertz CT molecular complexity index is 1380. The number of anilines is 1. The summed E-state index contributed by atoms with van der Waals surface area (Å²) in [7, 11) is 0. The third-order valence-corrected chi connectivity index (χ3v) is 7.85. The minimum Gasteiger partial charge on any atom is -0.378 e. The van der Waals surface area contributed by atoms with Crippen LogP contribution in [0.1, 0.15) is 31.4 Å². The molecule has 1 aliphatic carbocycles. The SMILES string of the molecule is CC(C)(C(N)=O)N1CCN(Cc2nc3c(N4CCOCC4)nc(C4C(F)=CC=C5N=CC=C54)nc3[nH]2)CC1. The van der Waals surface area contributed by atoms with Crippen molar-refractivity contribution in [1.29, 1.82) is 0 Å². The van der Waals surface area contributed by atoms with Gasteiger partial charge in [0, 0.05) is 45.5 Å². The number of morpholine rings is 1. The highest BCUT2D eigenvalue weighted by Crippen LogP contribution is 2.41. The van der Waals surface area contributed by atoms with E-state index < -0.39 is 11.5 Å². The first-order chi connectivity index (χ1) is 18.3. The number of primary amides is 1. The van der Waals surface area contributed by atoms with Crippen molar-refractivity contribution in [2.45, 2.75) is 31.8 Å². The van der Waals surface area contributed by atoms with Gasteiger partial charge in [-0.25, -0.2) is 19.3 Å². The van der Waals surface area contributed by atoms with Crippen molar-refractivity contribution in [3.8, 4) is 0 Å². The highest BCUT2D eigenvalue weighted by molar-refractivity contribution is 5.85. The highest BCUT2D eigenvalue weighted by Gasteiger charge is 2.35. The Kier molecular flexibility index (Phi) is 6.33. The smallest absolute Gasteiger partial charge is 0.237 e. The molecule has 11 nitrogen and oxygen atoms in total. The van der Waals surface area contributed by atoms with Crippen molar-refractivity contribution >= 4 is 29.1 Å². The van der Waals surface area contributed by atoms with E-state index in [1.807, 2.05) is 19.9 Å². The van der Waals surface area contributed by atoms with Gasteiger partial charge in [0.05, 0.1) is 36.9 Å². The normalized spacial score (nSPS) is 22.9. The lowest BCUT2D eigenvalue weighted by Gasteiger charge is -2.42. The fourth-order valence-electron chi connectivity index (χ4n) is 5.39. The van der Waals surface area contributed by atoms with Gasteiger partial charge in [0.15, 0.2) is 17.0 Å². The Morgan fingerprint density at radius 1 is 1.11 bits per heavy atom. The summed E-state index contributed by atoms with van der Waals surface area (Å²) in [6, 6.07) is 0. The number of rotatable bonds is 6. The molecule has 1 atom stereocenters. The Labute approximate surface area is 220 Å². The third-order valence-electron chi connectivity index (χ3n) is 7.85. The summed E-state index contributed by atoms with van der Waals surface area (Å²) in [4.78, 5) is 40.7. The van der Waals surface area contributed by atoms with Crippen LogP contribution in [-0.2, 0) is 16.1 Å². The zero-order valence-corrected chi connectivity index (χ0v) is 21.7. The fourth-order valence-corrected chi connectivity index (χ4v) is 5.39. The molecule has 4 aliphatic rings. The number of H-pyrrole nitrogens is 1. The monoisotopic (exact) mass is 521 g/mol. The van der Waals surface area contributed by atoms with Gasteiger partial charge in [-0.2, -0.15) is 0 Å². The number of nitrogens with two attached hydrogens (primary N) is 1. The van der Waals surface area contributed by atoms with Crippen LogP contribution in [0.3, 0.4) is 0 Å². The minimum atomic E-state index is -0.713. The number of aliphatic imine (C=N–C) groups is 1. The number of fused-ring (bicyclic) bond motifs is 2. The van der Waals surface area contributed by atoms with Crippen molar-refractivity contribution in [3.05, 3.63) is 47.0 Å². The van der Waals surface area contributed by atoms with Gasteiger partial charge in [-0.15, -0.1) is 0 Å². The summed E-state index contributed by atoms with van der Waals surface area (Å²) < 4.78 is 20.7. The quantitative estimate of drug-likeness (QED) is 0.584. The Morgan fingerprint density at radius 3 is 2.61 bits per heavy atom. The average Bonchev–Trinajstić information content (AvgIpc) is 3.55. The molecule has 12 heteroatoms. The Hall–Kier alpha value is -3.48. The maximum absolute atomic E-state index is 15.2. The molecule has 3 aliphatic heterocycles. The molecular weight excluding hydrogens is 489 g/mol. The summed E-state index contributed by atoms with van der Waals surface area (Å²) in [5, 5.41) is 0. The van der Waals surface area contributed by atoms with Gasteiger partial charge in [-0.05, 0) is 37.6 Å². The van der Waals surface area contributed by atoms with E-state index in [1.54, 1.807) is 12.3 Å². The number of hydrogen-bond donors (Lipinski definition) is 2. The number of aromatic amines is 1. The summed E-state index contributed by atoms with van der Waals surface area (Å²) in [6.07, 6.45) is 6.63. The number of ether oxygens (including phenoxy) is 1. The Morgan fingerprint density at radius 2 is 1.87 bits per heavy atom. The zero-order valence-electron chi connectivity index (χ0n) is 21.7. The molecule has 1 amide bonds. The third kappa shape index (κ3) is 4.42. The second kappa shape index (κ2) is 9.68. The first-order valence-electron chi connectivity index (χ1n) is 13.0. The van der Waals surface area contributed by atoms with Crippen LogP contribution >= 0.6 is 0 Å². The van der Waals surface area contributed by atoms with Crippen LogP contribution in [0.15, 0.2) is 40.3 Å². The number of nitrogens with zero attached hydrogens (tertiary/aromatic N) is 7. The Balaban J connectivity index is 1.29. The molecule has 2 aromatic heterocycles. The maximum atomic E-state index is 15.2. The summed E-state index contributed by atoms with van der Waals surface area (Å²) in [5.74, 6) is 0.497. The molecule has 2 saturated heterocycles. The molecule has 0 bridgehead atoms. The van der Waals surface area contributed by atoms with Crippen LogP contribution in [0.25, 0.3) is 11.2 Å². The summed E-state index contributed by atoms with van der Waals surface area (Å²) >= 11 is 0. The van der Waals surface area contributed by atoms with Crippen molar-refractivity contribution in [3.63, 3.8) is 0 Å². The van der Waals surface area contributed by atoms with E-state index in [0.29, 0.717) is 55.7 Å². The van der Waals surface area contributed by atoms with Gasteiger partial charge >= 0.3 is 0 Å². The van der Waals surface area contributed by atoms with Gasteiger partial charge < -0.3 is 20.4 Å². The molecule has 0 spiro atoms. The predicted octanol–water partition coefficient (Wildman–Crippen LogP) is 1.42. The number of piperazine rings is 1. The van der Waals surface area contributed by atoms with Crippen molar-refractivity contribution in [2.75, 3.05) is 57.4 Å². The number of carbonyl (C=O) groups excluding carboxylic acids is 1. The van der Waals surface area contributed by atoms with Crippen LogP contribution in [-0.4, -0.2) is 99.9 Å². The first-order valence-corrected chi connectivity index (χ1v) is 13.0. The highest BCUT2D eigenvalue weighted by atomic mass is 19.1. The van der Waals surface area contributed by atoms with Crippen molar-refractivity contribution < 1.29 is 13.9 Å². The van der Waals surface area contributed by atoms with E-state index in [0.717, 1.165) is 43.3 Å².